The van der Waals surface area contributed by atoms with Gasteiger partial charge in [-0.25, -0.2) is 0 Å². The minimum absolute atomic E-state index is 0.190. The van der Waals surface area contributed by atoms with Crippen molar-refractivity contribution in [3.8, 4) is 0 Å². The first-order valence-corrected chi connectivity index (χ1v) is 7.16. The van der Waals surface area contributed by atoms with Gasteiger partial charge in [-0.05, 0) is 39.4 Å². The second-order valence-corrected chi connectivity index (χ2v) is 6.19. The zero-order chi connectivity index (χ0) is 13.0. The lowest BCUT2D eigenvalue weighted by molar-refractivity contribution is -0.132. The maximum absolute atomic E-state index is 12.2. The molecule has 0 saturated carbocycles. The number of hydrogen-bond acceptors (Lipinski definition) is 3. The summed E-state index contributed by atoms with van der Waals surface area (Å²) in [4.78, 5) is 18.3. The van der Waals surface area contributed by atoms with E-state index >= 15 is 0 Å². The van der Waals surface area contributed by atoms with Crippen LogP contribution in [0.1, 0.15) is 37.8 Å². The van der Waals surface area contributed by atoms with Gasteiger partial charge in [0.2, 0.25) is 5.91 Å². The van der Waals surface area contributed by atoms with E-state index in [0.717, 1.165) is 27.5 Å². The molecule has 1 heterocycles. The number of H-pyrrole nitrogens is 1. The third-order valence-corrected chi connectivity index (χ3v) is 3.98. The van der Waals surface area contributed by atoms with Crippen molar-refractivity contribution in [2.24, 2.45) is 0 Å². The summed E-state index contributed by atoms with van der Waals surface area (Å²) in [5.41, 5.74) is 1.02. The number of aromatic amines is 1. The van der Waals surface area contributed by atoms with Crippen LogP contribution in [0.2, 0.25) is 0 Å². The van der Waals surface area contributed by atoms with Crippen LogP contribution >= 0.6 is 23.6 Å². The molecule has 1 rings (SSSR count). The van der Waals surface area contributed by atoms with Crippen LogP contribution in [0.4, 0.5) is 0 Å². The van der Waals surface area contributed by atoms with E-state index in [9.17, 15) is 4.79 Å². The summed E-state index contributed by atoms with van der Waals surface area (Å²) in [6.45, 7) is 8.99. The van der Waals surface area contributed by atoms with Crippen molar-refractivity contribution < 1.29 is 4.79 Å². The van der Waals surface area contributed by atoms with Crippen molar-refractivity contribution in [3.05, 3.63) is 14.5 Å². The van der Waals surface area contributed by atoms with E-state index < -0.39 is 0 Å². The van der Waals surface area contributed by atoms with Gasteiger partial charge in [-0.15, -0.1) is 11.3 Å². The van der Waals surface area contributed by atoms with E-state index in [1.54, 1.807) is 0 Å². The fraction of sp³-hybridized carbons (Fsp3) is 0.667. The summed E-state index contributed by atoms with van der Waals surface area (Å²) in [5.74, 6) is 0.190. The molecule has 17 heavy (non-hydrogen) atoms. The highest BCUT2D eigenvalue weighted by molar-refractivity contribution is 7.73. The maximum atomic E-state index is 12.2. The van der Waals surface area contributed by atoms with Crippen molar-refractivity contribution in [1.29, 1.82) is 0 Å². The molecule has 96 valence electrons. The fourth-order valence-electron chi connectivity index (χ4n) is 1.76. The predicted molar refractivity (Wildman–Crippen MR) is 75.1 cm³/mol. The molecule has 0 fully saturated rings. The Balaban J connectivity index is 2.76. The summed E-state index contributed by atoms with van der Waals surface area (Å²) in [5, 5.41) is 0. The molecule has 0 aromatic carbocycles. The molecular weight excluding hydrogens is 252 g/mol. The first kappa shape index (κ1) is 14.4. The van der Waals surface area contributed by atoms with Gasteiger partial charge in [0.1, 0.15) is 0 Å². The monoisotopic (exact) mass is 272 g/mol. The predicted octanol–water partition coefficient (Wildman–Crippen LogP) is 3.30. The van der Waals surface area contributed by atoms with Gasteiger partial charge in [0.05, 0.1) is 6.42 Å². The van der Waals surface area contributed by atoms with Gasteiger partial charge in [0.25, 0.3) is 0 Å². The Labute approximate surface area is 112 Å². The topological polar surface area (TPSA) is 36.1 Å². The highest BCUT2D eigenvalue weighted by atomic mass is 32.1. The molecule has 0 aliphatic rings. The Bertz CT molecular complexity index is 434. The highest BCUT2D eigenvalue weighted by Gasteiger charge is 2.17. The third kappa shape index (κ3) is 3.92. The molecular formula is C12H20N2OS2. The maximum Gasteiger partial charge on any atom is 0.228 e. The van der Waals surface area contributed by atoms with Crippen molar-refractivity contribution in [2.75, 3.05) is 6.54 Å². The lowest BCUT2D eigenvalue weighted by Gasteiger charge is -2.26. The minimum Gasteiger partial charge on any atom is -0.341 e. The van der Waals surface area contributed by atoms with E-state index in [-0.39, 0.29) is 11.9 Å². The van der Waals surface area contributed by atoms with E-state index in [2.05, 4.69) is 25.8 Å². The second-order valence-electron chi connectivity index (χ2n) is 4.42. The summed E-state index contributed by atoms with van der Waals surface area (Å²) in [7, 11) is 0. The molecule has 0 radical (unpaired) electrons. The van der Waals surface area contributed by atoms with Crippen molar-refractivity contribution in [3.63, 3.8) is 0 Å². The quantitative estimate of drug-likeness (QED) is 0.835. The van der Waals surface area contributed by atoms with Crippen LogP contribution in [-0.2, 0) is 11.2 Å². The summed E-state index contributed by atoms with van der Waals surface area (Å²) in [6.07, 6.45) is 1.45. The van der Waals surface area contributed by atoms with E-state index in [1.807, 2.05) is 11.8 Å². The highest BCUT2D eigenvalue weighted by Crippen LogP contribution is 2.16. The number of rotatable bonds is 5. The van der Waals surface area contributed by atoms with Crippen LogP contribution in [-0.4, -0.2) is 28.4 Å². The number of amides is 1. The average molecular weight is 272 g/mol. The molecule has 1 aromatic rings. The SMILES string of the molecule is CCCN(C(=O)Cc1sc(=S)[nH]c1C)C(C)C. The van der Waals surface area contributed by atoms with Gasteiger partial charge in [-0.1, -0.05) is 6.92 Å². The number of nitrogens with zero attached hydrogens (tertiary/aromatic N) is 1. The van der Waals surface area contributed by atoms with Crippen LogP contribution in [0.5, 0.6) is 0 Å². The fourth-order valence-corrected chi connectivity index (χ4v) is 3.04. The Kier molecular flexibility index (Phi) is 5.33. The Morgan fingerprint density at radius 2 is 2.18 bits per heavy atom. The van der Waals surface area contributed by atoms with Crippen LogP contribution < -0.4 is 0 Å². The number of aryl methyl sites for hydroxylation is 1. The van der Waals surface area contributed by atoms with Gasteiger partial charge in [0.15, 0.2) is 3.95 Å². The van der Waals surface area contributed by atoms with Gasteiger partial charge < -0.3 is 9.88 Å². The zero-order valence-corrected chi connectivity index (χ0v) is 12.5. The smallest absolute Gasteiger partial charge is 0.228 e. The number of hydrogen-bond donors (Lipinski definition) is 1. The minimum atomic E-state index is 0.190. The molecule has 0 aliphatic carbocycles. The Morgan fingerprint density at radius 1 is 1.53 bits per heavy atom. The number of thiazole rings is 1. The first-order valence-electron chi connectivity index (χ1n) is 5.93. The number of carbonyl (C=O) groups is 1. The molecule has 5 heteroatoms. The number of nitrogens with one attached hydrogen (secondary N) is 1. The average Bonchev–Trinajstić information content (AvgIpc) is 2.53. The van der Waals surface area contributed by atoms with E-state index in [0.29, 0.717) is 6.42 Å². The summed E-state index contributed by atoms with van der Waals surface area (Å²) < 4.78 is 0.747. The normalized spacial score (nSPS) is 10.9. The Hall–Kier alpha value is -0.680. The molecule has 0 spiro atoms. The lowest BCUT2D eigenvalue weighted by atomic mass is 10.2. The van der Waals surface area contributed by atoms with Crippen molar-refractivity contribution >= 4 is 29.5 Å². The van der Waals surface area contributed by atoms with E-state index in [1.165, 1.54) is 11.3 Å². The number of aromatic nitrogens is 1. The van der Waals surface area contributed by atoms with Gasteiger partial charge in [-0.3, -0.25) is 4.79 Å². The van der Waals surface area contributed by atoms with Crippen LogP contribution in [0.15, 0.2) is 0 Å². The largest absolute Gasteiger partial charge is 0.341 e. The molecule has 1 N–H and O–H groups in total. The van der Waals surface area contributed by atoms with Crippen LogP contribution in [0.25, 0.3) is 0 Å². The van der Waals surface area contributed by atoms with E-state index in [4.69, 9.17) is 12.2 Å². The van der Waals surface area contributed by atoms with Gasteiger partial charge >= 0.3 is 0 Å². The molecule has 1 aromatic heterocycles. The standard InChI is InChI=1S/C12H20N2OS2/c1-5-6-14(8(2)3)11(15)7-10-9(4)13-12(16)17-10/h8H,5-7H2,1-4H3,(H,13,16). The Morgan fingerprint density at radius 3 is 2.59 bits per heavy atom. The zero-order valence-electron chi connectivity index (χ0n) is 10.9. The van der Waals surface area contributed by atoms with Crippen molar-refractivity contribution in [1.82, 2.24) is 9.88 Å². The van der Waals surface area contributed by atoms with Gasteiger partial charge in [0, 0.05) is 23.2 Å². The van der Waals surface area contributed by atoms with Crippen LogP contribution in [0.3, 0.4) is 0 Å². The lowest BCUT2D eigenvalue weighted by Crippen LogP contribution is -2.38. The summed E-state index contributed by atoms with van der Waals surface area (Å²) in [6, 6.07) is 0.259. The molecule has 0 aliphatic heterocycles. The molecule has 3 nitrogen and oxygen atoms in total. The molecule has 0 bridgehead atoms. The third-order valence-electron chi connectivity index (χ3n) is 2.64. The molecule has 0 saturated heterocycles. The second kappa shape index (κ2) is 6.31. The van der Waals surface area contributed by atoms with Gasteiger partial charge in [-0.2, -0.15) is 0 Å². The molecule has 0 atom stereocenters. The summed E-state index contributed by atoms with van der Waals surface area (Å²) >= 11 is 6.58. The van der Waals surface area contributed by atoms with Crippen LogP contribution in [0, 0.1) is 10.9 Å². The first-order chi connectivity index (χ1) is 7.95. The number of carbonyl (C=O) groups excluding carboxylic acids is 1. The molecule has 1 amide bonds. The molecule has 0 unspecified atom stereocenters. The van der Waals surface area contributed by atoms with Crippen molar-refractivity contribution in [2.45, 2.75) is 46.6 Å².